The first kappa shape index (κ1) is 15.3. The van der Waals surface area contributed by atoms with Crippen molar-refractivity contribution in [3.05, 3.63) is 38.8 Å². The van der Waals surface area contributed by atoms with Gasteiger partial charge in [-0.25, -0.2) is 0 Å². The van der Waals surface area contributed by atoms with Gasteiger partial charge in [0.1, 0.15) is 0 Å². The molecule has 0 aliphatic carbocycles. The molecule has 0 radical (unpaired) electrons. The Morgan fingerprint density at radius 3 is 2.40 bits per heavy atom. The minimum Gasteiger partial charge on any atom is -0.308 e. The second-order valence-electron chi connectivity index (χ2n) is 6.39. The van der Waals surface area contributed by atoms with Crippen molar-refractivity contribution in [2.75, 3.05) is 0 Å². The Kier molecular flexibility index (Phi) is 4.35. The van der Waals surface area contributed by atoms with E-state index in [1.807, 2.05) is 23.1 Å². The summed E-state index contributed by atoms with van der Waals surface area (Å²) in [5, 5.41) is 7.99. The van der Waals surface area contributed by atoms with Crippen LogP contribution in [0.25, 0.3) is 0 Å². The van der Waals surface area contributed by atoms with Crippen LogP contribution in [0.4, 0.5) is 0 Å². The topological polar surface area (TPSA) is 29.9 Å². The highest BCUT2D eigenvalue weighted by molar-refractivity contribution is 7.12. The van der Waals surface area contributed by atoms with Crippen LogP contribution >= 0.6 is 11.3 Å². The average molecular weight is 291 g/mol. The van der Waals surface area contributed by atoms with Crippen LogP contribution in [0.5, 0.6) is 0 Å². The molecule has 0 spiro atoms. The third-order valence-corrected chi connectivity index (χ3v) is 5.17. The van der Waals surface area contributed by atoms with Gasteiger partial charge in [0.05, 0.1) is 5.69 Å². The summed E-state index contributed by atoms with van der Waals surface area (Å²) in [4.78, 5) is 2.84. The van der Waals surface area contributed by atoms with Crippen LogP contribution < -0.4 is 5.32 Å². The van der Waals surface area contributed by atoms with Crippen LogP contribution in [0.2, 0.25) is 0 Å². The Balaban J connectivity index is 1.95. The highest BCUT2D eigenvalue weighted by Crippen LogP contribution is 2.29. The van der Waals surface area contributed by atoms with Gasteiger partial charge in [0.25, 0.3) is 0 Å². The Bertz CT molecular complexity index is 587. The highest BCUT2D eigenvalue weighted by atomic mass is 32.1. The van der Waals surface area contributed by atoms with Crippen LogP contribution in [0.15, 0.2) is 12.1 Å². The summed E-state index contributed by atoms with van der Waals surface area (Å²) in [5.74, 6) is 0. The lowest BCUT2D eigenvalue weighted by Gasteiger charge is -2.15. The Morgan fingerprint density at radius 1 is 1.20 bits per heavy atom. The summed E-state index contributed by atoms with van der Waals surface area (Å²) in [6.45, 7) is 12.8. The maximum absolute atomic E-state index is 4.45. The normalized spacial score (nSPS) is 12.1. The first-order valence-electron chi connectivity index (χ1n) is 7.08. The van der Waals surface area contributed by atoms with Gasteiger partial charge in [0.15, 0.2) is 0 Å². The molecule has 1 N–H and O–H groups in total. The van der Waals surface area contributed by atoms with Gasteiger partial charge in [-0.2, -0.15) is 5.10 Å². The van der Waals surface area contributed by atoms with E-state index < -0.39 is 0 Å². The summed E-state index contributed by atoms with van der Waals surface area (Å²) < 4.78 is 1.95. The number of nitrogens with zero attached hydrogens (tertiary/aromatic N) is 2. The third-order valence-electron chi connectivity index (χ3n) is 3.66. The Morgan fingerprint density at radius 2 is 1.90 bits per heavy atom. The first-order valence-corrected chi connectivity index (χ1v) is 7.89. The van der Waals surface area contributed by atoms with Crippen molar-refractivity contribution >= 4 is 11.3 Å². The molecule has 0 aliphatic rings. The number of aromatic nitrogens is 2. The summed E-state index contributed by atoms with van der Waals surface area (Å²) in [7, 11) is 2.00. The van der Waals surface area contributed by atoms with Gasteiger partial charge < -0.3 is 5.32 Å². The summed E-state index contributed by atoms with van der Waals surface area (Å²) in [5.41, 5.74) is 3.94. The fraction of sp³-hybridized carbons (Fsp3) is 0.562. The molecule has 0 saturated carbocycles. The van der Waals surface area contributed by atoms with E-state index >= 15 is 0 Å². The van der Waals surface area contributed by atoms with Gasteiger partial charge in [-0.1, -0.05) is 20.8 Å². The smallest absolute Gasteiger partial charge is 0.0641 e. The fourth-order valence-corrected chi connectivity index (χ4v) is 3.30. The maximum atomic E-state index is 4.45. The van der Waals surface area contributed by atoms with E-state index in [1.165, 1.54) is 21.0 Å². The largest absolute Gasteiger partial charge is 0.308 e. The lowest BCUT2D eigenvalue weighted by molar-refractivity contribution is 0.604. The molecule has 2 aromatic heterocycles. The molecule has 110 valence electrons. The van der Waals surface area contributed by atoms with Gasteiger partial charge in [-0.15, -0.1) is 11.3 Å². The zero-order chi connectivity index (χ0) is 14.9. The van der Waals surface area contributed by atoms with Gasteiger partial charge in [0.2, 0.25) is 0 Å². The van der Waals surface area contributed by atoms with E-state index in [0.717, 1.165) is 18.8 Å². The fourth-order valence-electron chi connectivity index (χ4n) is 2.26. The van der Waals surface area contributed by atoms with Crippen molar-refractivity contribution in [1.29, 1.82) is 0 Å². The molecule has 2 aromatic rings. The number of rotatable bonds is 4. The zero-order valence-corrected chi connectivity index (χ0v) is 14.2. The molecule has 0 amide bonds. The van der Waals surface area contributed by atoms with E-state index in [1.54, 1.807) is 0 Å². The van der Waals surface area contributed by atoms with Gasteiger partial charge >= 0.3 is 0 Å². The monoisotopic (exact) mass is 291 g/mol. The third kappa shape index (κ3) is 3.30. The maximum Gasteiger partial charge on any atom is 0.0641 e. The summed E-state index contributed by atoms with van der Waals surface area (Å²) in [6, 6.07) is 4.49. The second-order valence-corrected chi connectivity index (χ2v) is 7.56. The van der Waals surface area contributed by atoms with E-state index in [2.05, 4.69) is 57.2 Å². The molecular formula is C16H25N3S. The zero-order valence-electron chi connectivity index (χ0n) is 13.4. The van der Waals surface area contributed by atoms with Gasteiger partial charge in [-0.3, -0.25) is 4.68 Å². The number of nitrogens with one attached hydrogen (secondary N) is 1. The highest BCUT2D eigenvalue weighted by Gasteiger charge is 2.16. The quantitative estimate of drug-likeness (QED) is 0.931. The number of hydrogen-bond donors (Lipinski definition) is 1. The van der Waals surface area contributed by atoms with E-state index in [0.29, 0.717) is 0 Å². The molecule has 3 nitrogen and oxygen atoms in total. The van der Waals surface area contributed by atoms with Crippen molar-refractivity contribution < 1.29 is 0 Å². The van der Waals surface area contributed by atoms with Gasteiger partial charge in [-0.05, 0) is 31.4 Å². The van der Waals surface area contributed by atoms with Crippen molar-refractivity contribution in [2.45, 2.75) is 53.1 Å². The predicted molar refractivity (Wildman–Crippen MR) is 86.2 cm³/mol. The van der Waals surface area contributed by atoms with E-state index in [-0.39, 0.29) is 5.41 Å². The molecule has 0 saturated heterocycles. The predicted octanol–water partition coefficient (Wildman–Crippen LogP) is 3.69. The van der Waals surface area contributed by atoms with Crippen molar-refractivity contribution in [3.8, 4) is 0 Å². The van der Waals surface area contributed by atoms with Crippen LogP contribution in [0.1, 0.15) is 47.5 Å². The summed E-state index contributed by atoms with van der Waals surface area (Å²) in [6.07, 6.45) is 0. The second kappa shape index (κ2) is 5.70. The lowest BCUT2D eigenvalue weighted by atomic mass is 9.95. The molecule has 0 bridgehead atoms. The summed E-state index contributed by atoms with van der Waals surface area (Å²) >= 11 is 1.91. The SMILES string of the molecule is Cc1nn(C)c(C)c1CNCc1ccc(C(C)(C)C)s1. The minimum atomic E-state index is 0.249. The van der Waals surface area contributed by atoms with Crippen molar-refractivity contribution in [1.82, 2.24) is 15.1 Å². The molecule has 0 unspecified atom stereocenters. The van der Waals surface area contributed by atoms with Crippen LogP contribution in [-0.2, 0) is 25.6 Å². The van der Waals surface area contributed by atoms with E-state index in [4.69, 9.17) is 0 Å². The van der Waals surface area contributed by atoms with Gasteiger partial charge in [0, 0.05) is 41.1 Å². The molecule has 0 fully saturated rings. The van der Waals surface area contributed by atoms with Crippen molar-refractivity contribution in [2.24, 2.45) is 7.05 Å². The molecule has 2 rings (SSSR count). The van der Waals surface area contributed by atoms with Crippen molar-refractivity contribution in [3.63, 3.8) is 0 Å². The van der Waals surface area contributed by atoms with Crippen LogP contribution in [0, 0.1) is 13.8 Å². The standard InChI is InChI=1S/C16H25N3S/c1-11-14(12(2)19(6)18-11)10-17-9-13-7-8-15(20-13)16(3,4)5/h7-8,17H,9-10H2,1-6H3. The molecule has 20 heavy (non-hydrogen) atoms. The molecule has 4 heteroatoms. The first-order chi connectivity index (χ1) is 9.29. The number of thiophene rings is 1. The average Bonchev–Trinajstić information content (AvgIpc) is 2.89. The molecule has 0 aliphatic heterocycles. The number of aryl methyl sites for hydroxylation is 2. The molecule has 0 atom stereocenters. The Hall–Kier alpha value is -1.13. The molecule has 2 heterocycles. The van der Waals surface area contributed by atoms with Crippen LogP contribution in [-0.4, -0.2) is 9.78 Å². The van der Waals surface area contributed by atoms with Crippen LogP contribution in [0.3, 0.4) is 0 Å². The minimum absolute atomic E-state index is 0.249. The molecule has 0 aromatic carbocycles. The number of hydrogen-bond acceptors (Lipinski definition) is 3. The lowest BCUT2D eigenvalue weighted by Crippen LogP contribution is -2.13. The van der Waals surface area contributed by atoms with E-state index in [9.17, 15) is 0 Å². The Labute approximate surface area is 126 Å². The molecular weight excluding hydrogens is 266 g/mol.